The van der Waals surface area contributed by atoms with Gasteiger partial charge in [0.05, 0.1) is 0 Å². The fraction of sp³-hybridized carbons (Fsp3) is 0.647. The third-order valence-electron chi connectivity index (χ3n) is 3.41. The van der Waals surface area contributed by atoms with Gasteiger partial charge in [0.2, 0.25) is 0 Å². The molecule has 108 valence electrons. The second kappa shape index (κ2) is 11.0. The molecule has 0 unspecified atom stereocenters. The van der Waals surface area contributed by atoms with Crippen molar-refractivity contribution in [2.24, 2.45) is 0 Å². The van der Waals surface area contributed by atoms with Gasteiger partial charge >= 0.3 is 0 Å². The van der Waals surface area contributed by atoms with Gasteiger partial charge in [0.1, 0.15) is 0 Å². The first kappa shape index (κ1) is 16.2. The molecule has 0 fully saturated rings. The summed E-state index contributed by atoms with van der Waals surface area (Å²) in [5.74, 6) is 0. The molecular weight excluding hydrogens is 232 g/mol. The molecule has 0 aromatic heterocycles. The largest absolute Gasteiger partial charge is 0.251 e. The predicted molar refractivity (Wildman–Crippen MR) is 83.9 cm³/mol. The van der Waals surface area contributed by atoms with Gasteiger partial charge in [-0.25, -0.2) is 5.01 Å². The second-order valence-corrected chi connectivity index (χ2v) is 5.22. The zero-order chi connectivity index (χ0) is 13.8. The summed E-state index contributed by atoms with van der Waals surface area (Å²) in [5, 5.41) is 2.42. The van der Waals surface area contributed by atoms with Crippen LogP contribution in [0.2, 0.25) is 0 Å². The Bertz CT molecular complexity index is 287. The van der Waals surface area contributed by atoms with Crippen molar-refractivity contribution in [3.63, 3.8) is 0 Å². The quantitative estimate of drug-likeness (QED) is 0.470. The lowest BCUT2D eigenvalue weighted by molar-refractivity contribution is 0.176. The van der Waals surface area contributed by atoms with E-state index in [0.717, 1.165) is 6.54 Å². The van der Waals surface area contributed by atoms with Crippen LogP contribution in [0.4, 0.5) is 0 Å². The first-order valence-electron chi connectivity index (χ1n) is 7.89. The van der Waals surface area contributed by atoms with Gasteiger partial charge in [-0.1, -0.05) is 69.9 Å². The van der Waals surface area contributed by atoms with Gasteiger partial charge in [0.25, 0.3) is 0 Å². The molecule has 19 heavy (non-hydrogen) atoms. The van der Waals surface area contributed by atoms with Crippen molar-refractivity contribution in [2.45, 2.75) is 58.9 Å². The van der Waals surface area contributed by atoms with Gasteiger partial charge in [-0.15, -0.1) is 0 Å². The summed E-state index contributed by atoms with van der Waals surface area (Å²) in [4.78, 5) is 0. The van der Waals surface area contributed by atoms with Crippen molar-refractivity contribution in [2.75, 3.05) is 13.1 Å². The van der Waals surface area contributed by atoms with Crippen molar-refractivity contribution in [1.29, 1.82) is 0 Å². The molecule has 0 saturated heterocycles. The van der Waals surface area contributed by atoms with Crippen LogP contribution < -0.4 is 5.43 Å². The summed E-state index contributed by atoms with van der Waals surface area (Å²) in [6.45, 7) is 7.81. The summed E-state index contributed by atoms with van der Waals surface area (Å²) >= 11 is 0. The fourth-order valence-corrected chi connectivity index (χ4v) is 2.17. The lowest BCUT2D eigenvalue weighted by Gasteiger charge is -2.23. The maximum absolute atomic E-state index is 3.59. The number of nitrogens with zero attached hydrogens (tertiary/aromatic N) is 1. The SMILES string of the molecule is CCCCCN(CCCCC)NCc1ccccc1. The van der Waals surface area contributed by atoms with Crippen molar-refractivity contribution in [3.05, 3.63) is 35.9 Å². The Morgan fingerprint density at radius 2 is 1.42 bits per heavy atom. The van der Waals surface area contributed by atoms with Gasteiger partial charge in [0, 0.05) is 19.6 Å². The topological polar surface area (TPSA) is 15.3 Å². The molecule has 0 heterocycles. The van der Waals surface area contributed by atoms with E-state index in [0.29, 0.717) is 0 Å². The van der Waals surface area contributed by atoms with E-state index in [9.17, 15) is 0 Å². The number of benzene rings is 1. The Kier molecular flexibility index (Phi) is 9.38. The van der Waals surface area contributed by atoms with Crippen LogP contribution in [0.1, 0.15) is 57.9 Å². The van der Waals surface area contributed by atoms with Gasteiger partial charge in [-0.2, -0.15) is 0 Å². The van der Waals surface area contributed by atoms with Crippen LogP contribution in [-0.2, 0) is 6.54 Å². The number of unbranched alkanes of at least 4 members (excludes halogenated alkanes) is 4. The number of hydrogen-bond acceptors (Lipinski definition) is 2. The number of nitrogens with one attached hydrogen (secondary N) is 1. The van der Waals surface area contributed by atoms with E-state index in [1.54, 1.807) is 0 Å². The minimum Gasteiger partial charge on any atom is -0.251 e. The van der Waals surface area contributed by atoms with Crippen LogP contribution in [0, 0.1) is 0 Å². The highest BCUT2D eigenvalue weighted by Gasteiger charge is 2.03. The van der Waals surface area contributed by atoms with E-state index in [2.05, 4.69) is 54.6 Å². The van der Waals surface area contributed by atoms with Crippen molar-refractivity contribution in [3.8, 4) is 0 Å². The molecule has 2 nitrogen and oxygen atoms in total. The Morgan fingerprint density at radius 3 is 1.95 bits per heavy atom. The first-order valence-corrected chi connectivity index (χ1v) is 7.89. The third kappa shape index (κ3) is 8.02. The predicted octanol–water partition coefficient (Wildman–Crippen LogP) is 4.37. The Balaban J connectivity index is 2.30. The Labute approximate surface area is 119 Å². The lowest BCUT2D eigenvalue weighted by Crippen LogP contribution is -2.39. The second-order valence-electron chi connectivity index (χ2n) is 5.22. The van der Waals surface area contributed by atoms with Crippen LogP contribution >= 0.6 is 0 Å². The van der Waals surface area contributed by atoms with E-state index >= 15 is 0 Å². The molecule has 0 spiro atoms. The van der Waals surface area contributed by atoms with E-state index in [4.69, 9.17) is 0 Å². The smallest absolute Gasteiger partial charge is 0.0353 e. The molecule has 0 saturated carbocycles. The average molecular weight is 262 g/mol. The van der Waals surface area contributed by atoms with Crippen LogP contribution in [0.3, 0.4) is 0 Å². The van der Waals surface area contributed by atoms with E-state index in [-0.39, 0.29) is 0 Å². The van der Waals surface area contributed by atoms with Crippen molar-refractivity contribution >= 4 is 0 Å². The third-order valence-corrected chi connectivity index (χ3v) is 3.41. The molecule has 0 bridgehead atoms. The molecule has 1 rings (SSSR count). The molecule has 1 N–H and O–H groups in total. The number of rotatable bonds is 11. The maximum Gasteiger partial charge on any atom is 0.0353 e. The zero-order valence-corrected chi connectivity index (χ0v) is 12.7. The standard InChI is InChI=1S/C17H30N2/c1-3-5-10-14-19(15-11-6-4-2)18-16-17-12-8-7-9-13-17/h7-9,12-13,18H,3-6,10-11,14-16H2,1-2H3. The van der Waals surface area contributed by atoms with Crippen molar-refractivity contribution < 1.29 is 0 Å². The highest BCUT2D eigenvalue weighted by atomic mass is 15.5. The molecule has 0 amide bonds. The monoisotopic (exact) mass is 262 g/mol. The van der Waals surface area contributed by atoms with Gasteiger partial charge in [-0.05, 0) is 18.4 Å². The lowest BCUT2D eigenvalue weighted by atomic mass is 10.2. The number of hydrazine groups is 1. The molecule has 1 aromatic carbocycles. The van der Waals surface area contributed by atoms with Gasteiger partial charge in [-0.3, -0.25) is 5.43 Å². The Morgan fingerprint density at radius 1 is 0.842 bits per heavy atom. The van der Waals surface area contributed by atoms with Crippen LogP contribution in [-0.4, -0.2) is 18.1 Å². The van der Waals surface area contributed by atoms with Gasteiger partial charge < -0.3 is 0 Å². The highest BCUT2D eigenvalue weighted by Crippen LogP contribution is 2.03. The first-order chi connectivity index (χ1) is 9.36. The average Bonchev–Trinajstić information content (AvgIpc) is 2.45. The fourth-order valence-electron chi connectivity index (χ4n) is 2.17. The number of hydrogen-bond donors (Lipinski definition) is 1. The molecule has 0 radical (unpaired) electrons. The Hall–Kier alpha value is -0.860. The van der Waals surface area contributed by atoms with E-state index in [1.165, 1.54) is 57.2 Å². The summed E-state index contributed by atoms with van der Waals surface area (Å²) in [5.41, 5.74) is 4.95. The molecule has 0 aliphatic carbocycles. The summed E-state index contributed by atoms with van der Waals surface area (Å²) in [7, 11) is 0. The summed E-state index contributed by atoms with van der Waals surface area (Å²) < 4.78 is 0. The maximum atomic E-state index is 3.59. The summed E-state index contributed by atoms with van der Waals surface area (Å²) in [6, 6.07) is 10.7. The summed E-state index contributed by atoms with van der Waals surface area (Å²) in [6.07, 6.45) is 7.84. The van der Waals surface area contributed by atoms with Crippen LogP contribution in [0.5, 0.6) is 0 Å². The normalized spacial score (nSPS) is 11.1. The highest BCUT2D eigenvalue weighted by molar-refractivity contribution is 5.14. The molecule has 0 aliphatic heterocycles. The molecule has 0 atom stereocenters. The van der Waals surface area contributed by atoms with Crippen molar-refractivity contribution in [1.82, 2.24) is 10.4 Å². The van der Waals surface area contributed by atoms with Crippen LogP contribution in [0.25, 0.3) is 0 Å². The van der Waals surface area contributed by atoms with Crippen LogP contribution in [0.15, 0.2) is 30.3 Å². The molecule has 1 aromatic rings. The molecular formula is C17H30N2. The minimum atomic E-state index is 0.944. The zero-order valence-electron chi connectivity index (χ0n) is 12.7. The molecule has 2 heteroatoms. The van der Waals surface area contributed by atoms with E-state index in [1.807, 2.05) is 0 Å². The van der Waals surface area contributed by atoms with Gasteiger partial charge in [0.15, 0.2) is 0 Å². The van der Waals surface area contributed by atoms with E-state index < -0.39 is 0 Å². The molecule has 0 aliphatic rings. The minimum absolute atomic E-state index is 0.944.